The summed E-state index contributed by atoms with van der Waals surface area (Å²) in [6, 6.07) is 3.80. The molecule has 5 heteroatoms. The molecule has 0 radical (unpaired) electrons. The van der Waals surface area contributed by atoms with E-state index in [0.717, 1.165) is 11.3 Å². The Balaban J connectivity index is 2.25. The van der Waals surface area contributed by atoms with Crippen LogP contribution in [0.3, 0.4) is 0 Å². The van der Waals surface area contributed by atoms with Gasteiger partial charge in [-0.2, -0.15) is 0 Å². The molecule has 0 aliphatic rings. The molecule has 0 bridgehead atoms. The first-order chi connectivity index (χ1) is 6.90. The number of pyridine rings is 1. The molecular formula is C9H11N5. The molecule has 0 aliphatic heterocycles. The Kier molecular flexibility index (Phi) is 2.51. The van der Waals surface area contributed by atoms with Crippen LogP contribution in [0.25, 0.3) is 11.3 Å². The highest BCUT2D eigenvalue weighted by Crippen LogP contribution is 2.13. The number of nitrogens with two attached hydrogens (primary N) is 1. The summed E-state index contributed by atoms with van der Waals surface area (Å²) in [5.41, 5.74) is 7.27. The zero-order valence-electron chi connectivity index (χ0n) is 7.67. The topological polar surface area (TPSA) is 69.6 Å². The van der Waals surface area contributed by atoms with Gasteiger partial charge in [0, 0.05) is 24.5 Å². The highest BCUT2D eigenvalue weighted by atomic mass is 15.4. The predicted octanol–water partition coefficient (Wildman–Crippen LogP) is 0.299. The molecule has 2 rings (SSSR count). The summed E-state index contributed by atoms with van der Waals surface area (Å²) in [6.07, 6.45) is 5.34. The smallest absolute Gasteiger partial charge is 0.113 e. The van der Waals surface area contributed by atoms with Gasteiger partial charge in [-0.15, -0.1) is 5.10 Å². The van der Waals surface area contributed by atoms with Crippen LogP contribution in [0.15, 0.2) is 30.7 Å². The van der Waals surface area contributed by atoms with Gasteiger partial charge >= 0.3 is 0 Å². The van der Waals surface area contributed by atoms with Crippen LogP contribution in [-0.4, -0.2) is 26.5 Å². The van der Waals surface area contributed by atoms with E-state index in [0.29, 0.717) is 13.1 Å². The fourth-order valence-corrected chi connectivity index (χ4v) is 1.19. The van der Waals surface area contributed by atoms with Crippen molar-refractivity contribution in [2.24, 2.45) is 5.73 Å². The van der Waals surface area contributed by atoms with Crippen molar-refractivity contribution >= 4 is 0 Å². The first kappa shape index (κ1) is 8.83. The van der Waals surface area contributed by atoms with E-state index >= 15 is 0 Å². The molecule has 0 atom stereocenters. The van der Waals surface area contributed by atoms with E-state index in [9.17, 15) is 0 Å². The van der Waals surface area contributed by atoms with Crippen LogP contribution in [0.2, 0.25) is 0 Å². The Labute approximate surface area is 81.6 Å². The molecule has 72 valence electrons. The second kappa shape index (κ2) is 3.97. The molecule has 0 saturated heterocycles. The summed E-state index contributed by atoms with van der Waals surface area (Å²) in [4.78, 5) is 3.94. The van der Waals surface area contributed by atoms with Gasteiger partial charge in [-0.05, 0) is 12.1 Å². The normalized spacial score (nSPS) is 10.4. The number of aromatic nitrogens is 4. The van der Waals surface area contributed by atoms with E-state index < -0.39 is 0 Å². The Morgan fingerprint density at radius 3 is 2.79 bits per heavy atom. The van der Waals surface area contributed by atoms with Gasteiger partial charge < -0.3 is 5.73 Å². The molecule has 2 aromatic rings. The molecule has 14 heavy (non-hydrogen) atoms. The first-order valence-electron chi connectivity index (χ1n) is 4.41. The van der Waals surface area contributed by atoms with Crippen molar-refractivity contribution in [3.05, 3.63) is 30.7 Å². The fourth-order valence-electron chi connectivity index (χ4n) is 1.19. The van der Waals surface area contributed by atoms with Crippen molar-refractivity contribution < 1.29 is 0 Å². The van der Waals surface area contributed by atoms with Crippen LogP contribution in [0, 0.1) is 0 Å². The van der Waals surface area contributed by atoms with Crippen molar-refractivity contribution in [1.29, 1.82) is 0 Å². The van der Waals surface area contributed by atoms with Gasteiger partial charge in [0.1, 0.15) is 5.69 Å². The lowest BCUT2D eigenvalue weighted by Gasteiger charge is -1.93. The molecular weight excluding hydrogens is 178 g/mol. The molecule has 0 fully saturated rings. The number of rotatable bonds is 3. The second-order valence-electron chi connectivity index (χ2n) is 2.89. The number of hydrogen-bond acceptors (Lipinski definition) is 4. The minimum Gasteiger partial charge on any atom is -0.329 e. The van der Waals surface area contributed by atoms with Gasteiger partial charge in [0.15, 0.2) is 0 Å². The number of nitrogens with zero attached hydrogens (tertiary/aromatic N) is 4. The molecule has 0 unspecified atom stereocenters. The summed E-state index contributed by atoms with van der Waals surface area (Å²) in [6.45, 7) is 1.26. The minimum absolute atomic E-state index is 0.569. The van der Waals surface area contributed by atoms with Crippen LogP contribution in [0.1, 0.15) is 0 Å². The molecule has 0 amide bonds. The maximum atomic E-state index is 5.41. The van der Waals surface area contributed by atoms with Gasteiger partial charge in [-0.1, -0.05) is 5.21 Å². The predicted molar refractivity (Wildman–Crippen MR) is 52.3 cm³/mol. The van der Waals surface area contributed by atoms with Crippen molar-refractivity contribution in [1.82, 2.24) is 20.0 Å². The monoisotopic (exact) mass is 189 g/mol. The van der Waals surface area contributed by atoms with E-state index in [-0.39, 0.29) is 0 Å². The molecule has 0 spiro atoms. The quantitative estimate of drug-likeness (QED) is 0.753. The lowest BCUT2D eigenvalue weighted by molar-refractivity contribution is 0.598. The van der Waals surface area contributed by atoms with E-state index in [1.54, 1.807) is 17.1 Å². The average molecular weight is 189 g/mol. The van der Waals surface area contributed by atoms with Crippen LogP contribution < -0.4 is 5.73 Å². The lowest BCUT2D eigenvalue weighted by Crippen LogP contribution is -2.10. The Bertz CT molecular complexity index is 395. The zero-order chi connectivity index (χ0) is 9.80. The third-order valence-corrected chi connectivity index (χ3v) is 1.87. The maximum Gasteiger partial charge on any atom is 0.113 e. The van der Waals surface area contributed by atoms with Crippen molar-refractivity contribution in [2.45, 2.75) is 6.54 Å². The second-order valence-corrected chi connectivity index (χ2v) is 2.89. The zero-order valence-corrected chi connectivity index (χ0v) is 7.67. The van der Waals surface area contributed by atoms with E-state index in [1.165, 1.54) is 0 Å². The Morgan fingerprint density at radius 1 is 1.29 bits per heavy atom. The third-order valence-electron chi connectivity index (χ3n) is 1.87. The van der Waals surface area contributed by atoms with Gasteiger partial charge in [-0.25, -0.2) is 0 Å². The molecule has 5 nitrogen and oxygen atoms in total. The van der Waals surface area contributed by atoms with Gasteiger partial charge in [-0.3, -0.25) is 9.67 Å². The third kappa shape index (κ3) is 1.77. The number of hydrogen-bond donors (Lipinski definition) is 1. The highest BCUT2D eigenvalue weighted by Gasteiger charge is 2.01. The Morgan fingerprint density at radius 2 is 2.07 bits per heavy atom. The van der Waals surface area contributed by atoms with Crippen LogP contribution in [-0.2, 0) is 6.54 Å². The molecule has 2 heterocycles. The maximum absolute atomic E-state index is 5.41. The van der Waals surface area contributed by atoms with Gasteiger partial charge in [0.25, 0.3) is 0 Å². The van der Waals surface area contributed by atoms with E-state index in [4.69, 9.17) is 5.73 Å². The van der Waals surface area contributed by atoms with E-state index in [2.05, 4.69) is 15.3 Å². The summed E-state index contributed by atoms with van der Waals surface area (Å²) < 4.78 is 1.73. The van der Waals surface area contributed by atoms with Crippen molar-refractivity contribution in [3.63, 3.8) is 0 Å². The van der Waals surface area contributed by atoms with Crippen molar-refractivity contribution in [3.8, 4) is 11.3 Å². The summed E-state index contributed by atoms with van der Waals surface area (Å²) in [7, 11) is 0. The summed E-state index contributed by atoms with van der Waals surface area (Å²) in [5, 5.41) is 7.98. The summed E-state index contributed by atoms with van der Waals surface area (Å²) in [5.74, 6) is 0. The first-order valence-corrected chi connectivity index (χ1v) is 4.41. The van der Waals surface area contributed by atoms with Crippen LogP contribution in [0.5, 0.6) is 0 Å². The molecule has 2 N–H and O–H groups in total. The van der Waals surface area contributed by atoms with Crippen LogP contribution >= 0.6 is 0 Å². The SMILES string of the molecule is NCCn1cc(-c2ccncc2)nn1. The average Bonchev–Trinajstić information content (AvgIpc) is 2.68. The largest absolute Gasteiger partial charge is 0.329 e. The fraction of sp³-hybridized carbons (Fsp3) is 0.222. The van der Waals surface area contributed by atoms with Crippen LogP contribution in [0.4, 0.5) is 0 Å². The molecule has 2 aromatic heterocycles. The van der Waals surface area contributed by atoms with Gasteiger partial charge in [0.05, 0.1) is 12.7 Å². The molecule has 0 aliphatic carbocycles. The van der Waals surface area contributed by atoms with Gasteiger partial charge in [0.2, 0.25) is 0 Å². The van der Waals surface area contributed by atoms with E-state index in [1.807, 2.05) is 18.3 Å². The standard InChI is InChI=1S/C9H11N5/c10-3-6-14-7-9(12-13-14)8-1-4-11-5-2-8/h1-2,4-5,7H,3,6,10H2. The highest BCUT2D eigenvalue weighted by molar-refractivity contribution is 5.56. The summed E-state index contributed by atoms with van der Waals surface area (Å²) >= 11 is 0. The van der Waals surface area contributed by atoms with Crippen molar-refractivity contribution in [2.75, 3.05) is 6.54 Å². The minimum atomic E-state index is 0.569. The molecule has 0 aromatic carbocycles. The Hall–Kier alpha value is -1.75. The lowest BCUT2D eigenvalue weighted by atomic mass is 10.2. The molecule has 0 saturated carbocycles.